The summed E-state index contributed by atoms with van der Waals surface area (Å²) < 4.78 is 45.0. The number of hydrogen-bond acceptors (Lipinski definition) is 7. The first-order chi connectivity index (χ1) is 12.3. The summed E-state index contributed by atoms with van der Waals surface area (Å²) >= 11 is 0. The van der Waals surface area contributed by atoms with E-state index in [0.717, 1.165) is 17.4 Å². The minimum atomic E-state index is -3.38. The molecule has 0 spiro atoms. The van der Waals surface area contributed by atoms with Crippen molar-refractivity contribution in [3.8, 4) is 22.3 Å². The molecule has 0 aliphatic carbocycles. The fourth-order valence-electron chi connectivity index (χ4n) is 2.40. The van der Waals surface area contributed by atoms with Crippen molar-refractivity contribution in [1.82, 2.24) is 9.97 Å². The first kappa shape index (κ1) is 18.0. The number of pyridine rings is 2. The largest absolute Gasteiger partial charge is 0.383 e. The third-order valence-corrected chi connectivity index (χ3v) is 5.48. The molecular weight excluding hydrogens is 374 g/mol. The van der Waals surface area contributed by atoms with Gasteiger partial charge in [0.2, 0.25) is 0 Å². The average molecular weight is 389 g/mol. The van der Waals surface area contributed by atoms with E-state index in [-0.39, 0.29) is 15.7 Å². The molecule has 0 amide bonds. The van der Waals surface area contributed by atoms with E-state index >= 15 is 0 Å². The fraction of sp³-hybridized carbons (Fsp3) is 0.0588. The van der Waals surface area contributed by atoms with E-state index in [9.17, 15) is 16.8 Å². The van der Waals surface area contributed by atoms with Gasteiger partial charge in [-0.3, -0.25) is 0 Å². The maximum Gasteiger partial charge on any atom is 0.192 e. The van der Waals surface area contributed by atoms with Crippen molar-refractivity contribution in [2.45, 2.75) is 9.92 Å². The molecule has 0 unspecified atom stereocenters. The number of hydrogen-bond donors (Lipinski definition) is 2. The zero-order valence-electron chi connectivity index (χ0n) is 13.7. The van der Waals surface area contributed by atoms with Crippen LogP contribution < -0.4 is 5.73 Å². The summed E-state index contributed by atoms with van der Waals surface area (Å²) in [5.41, 5.74) is 8.71. The highest BCUT2D eigenvalue weighted by molar-refractivity contribution is 7.90. The number of aromatic nitrogens is 2. The topological polar surface area (TPSA) is 120 Å². The third-order valence-electron chi connectivity index (χ3n) is 3.76. The van der Waals surface area contributed by atoms with Gasteiger partial charge in [-0.1, -0.05) is 12.1 Å². The highest BCUT2D eigenvalue weighted by Gasteiger charge is 2.11. The van der Waals surface area contributed by atoms with E-state index in [4.69, 9.17) is 5.73 Å². The van der Waals surface area contributed by atoms with Gasteiger partial charge in [-0.15, -0.1) is 0 Å². The van der Waals surface area contributed by atoms with Crippen LogP contribution in [0.3, 0.4) is 0 Å². The summed E-state index contributed by atoms with van der Waals surface area (Å²) in [5.74, 6) is 0.280. The number of sulfone groups is 1. The Morgan fingerprint density at radius 3 is 2.04 bits per heavy atom. The molecule has 0 bridgehead atoms. The van der Waals surface area contributed by atoms with Crippen molar-refractivity contribution in [2.24, 2.45) is 0 Å². The van der Waals surface area contributed by atoms with Crippen molar-refractivity contribution < 1.29 is 16.8 Å². The summed E-state index contributed by atoms with van der Waals surface area (Å²) in [6, 6.07) is 11.2. The molecule has 1 aromatic carbocycles. The molecule has 0 aliphatic heterocycles. The second kappa shape index (κ2) is 6.85. The zero-order valence-corrected chi connectivity index (χ0v) is 15.4. The molecule has 134 valence electrons. The molecule has 0 atom stereocenters. The van der Waals surface area contributed by atoms with Crippen LogP contribution in [0.15, 0.2) is 64.8 Å². The number of anilines is 1. The number of nitrogens with zero attached hydrogens (tertiary/aromatic N) is 2. The van der Waals surface area contributed by atoms with Gasteiger partial charge in [-0.2, -0.15) is 0 Å². The lowest BCUT2D eigenvalue weighted by molar-refractivity contribution is 0.598. The van der Waals surface area contributed by atoms with E-state index in [1.54, 1.807) is 30.5 Å². The van der Waals surface area contributed by atoms with Crippen LogP contribution in [-0.2, 0) is 20.5 Å². The molecule has 0 fully saturated rings. The molecule has 3 rings (SSSR count). The molecule has 2 N–H and O–H groups in total. The quantitative estimate of drug-likeness (QED) is 0.652. The summed E-state index contributed by atoms with van der Waals surface area (Å²) in [6.07, 6.45) is 4.10. The Bertz CT molecular complexity index is 1130. The van der Waals surface area contributed by atoms with Gasteiger partial charge in [-0.05, 0) is 35.9 Å². The van der Waals surface area contributed by atoms with Gasteiger partial charge in [0, 0.05) is 35.3 Å². The molecule has 0 aliphatic rings. The Labute approximate surface area is 152 Å². The molecule has 9 heteroatoms. The van der Waals surface area contributed by atoms with Crippen molar-refractivity contribution in [2.75, 3.05) is 12.0 Å². The second-order valence-electron chi connectivity index (χ2n) is 5.62. The predicted octanol–water partition coefficient (Wildman–Crippen LogP) is 1.77. The molecule has 2 heterocycles. The lowest BCUT2D eigenvalue weighted by atomic mass is 10.0. The minimum absolute atomic E-state index is 0.0220. The first-order valence-electron chi connectivity index (χ1n) is 7.42. The van der Waals surface area contributed by atoms with Gasteiger partial charge >= 0.3 is 0 Å². The number of nitrogen functional groups attached to an aromatic ring is 1. The molecular formula is C17H15N3O4S2. The predicted molar refractivity (Wildman–Crippen MR) is 99.0 cm³/mol. The van der Waals surface area contributed by atoms with Crippen LogP contribution >= 0.6 is 0 Å². The SMILES string of the molecule is CS(=O)(=O)c1ccc(-c2cc(-c3ccc([SH](=O)=O)cc3)cnc2N)cn1. The Hall–Kier alpha value is -2.78. The van der Waals surface area contributed by atoms with Crippen LogP contribution in [0.1, 0.15) is 0 Å². The van der Waals surface area contributed by atoms with Crippen LogP contribution in [0.2, 0.25) is 0 Å². The van der Waals surface area contributed by atoms with E-state index < -0.39 is 20.5 Å². The molecule has 7 nitrogen and oxygen atoms in total. The van der Waals surface area contributed by atoms with E-state index in [1.807, 2.05) is 0 Å². The van der Waals surface area contributed by atoms with E-state index in [2.05, 4.69) is 9.97 Å². The van der Waals surface area contributed by atoms with E-state index in [1.165, 1.54) is 24.4 Å². The van der Waals surface area contributed by atoms with Gasteiger partial charge in [0.25, 0.3) is 0 Å². The molecule has 3 aromatic rings. The summed E-state index contributed by atoms with van der Waals surface area (Å²) in [6.45, 7) is 0. The molecule has 0 radical (unpaired) electrons. The average Bonchev–Trinajstić information content (AvgIpc) is 2.61. The fourth-order valence-corrected chi connectivity index (χ4v) is 3.35. The maximum absolute atomic E-state index is 11.5. The standard InChI is InChI=1S/C17H15N3O4S2/c1-26(23,24)16-7-4-12(9-19-16)15-8-13(10-20-17(15)18)11-2-5-14(6-3-11)25(21)22/h2-10,25H,1H3,(H2,18,20). The number of nitrogens with two attached hydrogens (primary N) is 1. The lowest BCUT2D eigenvalue weighted by Gasteiger charge is -2.09. The maximum atomic E-state index is 11.5. The Kier molecular flexibility index (Phi) is 4.75. The van der Waals surface area contributed by atoms with Crippen LogP contribution in [0, 0.1) is 0 Å². The van der Waals surface area contributed by atoms with Gasteiger partial charge in [0.1, 0.15) is 5.82 Å². The van der Waals surface area contributed by atoms with Gasteiger partial charge in [-0.25, -0.2) is 26.8 Å². The normalized spacial score (nSPS) is 11.6. The Morgan fingerprint density at radius 1 is 0.885 bits per heavy atom. The minimum Gasteiger partial charge on any atom is -0.383 e. The first-order valence-corrected chi connectivity index (χ1v) is 10.5. The number of rotatable bonds is 4. The van der Waals surface area contributed by atoms with Crippen molar-refractivity contribution >= 4 is 26.4 Å². The van der Waals surface area contributed by atoms with Gasteiger partial charge in [0.15, 0.2) is 25.6 Å². The zero-order chi connectivity index (χ0) is 18.9. The van der Waals surface area contributed by atoms with Crippen LogP contribution in [0.4, 0.5) is 5.82 Å². The lowest BCUT2D eigenvalue weighted by Crippen LogP contribution is -2.00. The van der Waals surface area contributed by atoms with Crippen LogP contribution in [0.25, 0.3) is 22.3 Å². The summed E-state index contributed by atoms with van der Waals surface area (Å²) in [5, 5.41) is -0.0220. The smallest absolute Gasteiger partial charge is 0.192 e. The molecule has 2 aromatic heterocycles. The summed E-state index contributed by atoms with van der Waals surface area (Å²) in [7, 11) is -6.01. The van der Waals surface area contributed by atoms with Crippen molar-refractivity contribution in [1.29, 1.82) is 0 Å². The molecule has 0 saturated heterocycles. The molecule has 0 saturated carbocycles. The summed E-state index contributed by atoms with van der Waals surface area (Å²) in [4.78, 5) is 8.36. The van der Waals surface area contributed by atoms with Crippen molar-refractivity contribution in [3.63, 3.8) is 0 Å². The number of thiol groups is 1. The van der Waals surface area contributed by atoms with Crippen molar-refractivity contribution in [3.05, 3.63) is 54.9 Å². The van der Waals surface area contributed by atoms with Gasteiger partial charge < -0.3 is 5.73 Å². The monoisotopic (exact) mass is 389 g/mol. The van der Waals surface area contributed by atoms with Crippen LogP contribution in [-0.4, -0.2) is 33.1 Å². The van der Waals surface area contributed by atoms with Gasteiger partial charge in [0.05, 0.1) is 4.90 Å². The third kappa shape index (κ3) is 3.73. The Morgan fingerprint density at radius 2 is 1.50 bits per heavy atom. The van der Waals surface area contributed by atoms with E-state index in [0.29, 0.717) is 11.1 Å². The Balaban J connectivity index is 2.02. The highest BCUT2D eigenvalue weighted by Crippen LogP contribution is 2.29. The second-order valence-corrected chi connectivity index (χ2v) is 8.61. The number of benzene rings is 1. The molecule has 26 heavy (non-hydrogen) atoms. The highest BCUT2D eigenvalue weighted by atomic mass is 32.2. The van der Waals surface area contributed by atoms with Crippen LogP contribution in [0.5, 0.6) is 0 Å².